The van der Waals surface area contributed by atoms with Crippen molar-refractivity contribution in [2.45, 2.75) is 36.6 Å². The number of nitrogens with zero attached hydrogens (tertiary/aromatic N) is 1. The van der Waals surface area contributed by atoms with Crippen molar-refractivity contribution in [2.75, 3.05) is 31.6 Å². The number of ether oxygens (including phenoxy) is 1. The Hall–Kier alpha value is -2.23. The van der Waals surface area contributed by atoms with Crippen molar-refractivity contribution in [1.82, 2.24) is 9.62 Å². The smallest absolute Gasteiger partial charge is 0.243 e. The van der Waals surface area contributed by atoms with Crippen LogP contribution < -0.4 is 10.6 Å². The van der Waals surface area contributed by atoms with Gasteiger partial charge in [0.15, 0.2) is 0 Å². The summed E-state index contributed by atoms with van der Waals surface area (Å²) in [5.41, 5.74) is 0.592. The fourth-order valence-electron chi connectivity index (χ4n) is 4.89. The molecule has 8 nitrogen and oxygen atoms in total. The Morgan fingerprint density at radius 1 is 1.06 bits per heavy atom. The maximum absolute atomic E-state index is 13.1. The molecule has 1 saturated carbocycles. The van der Waals surface area contributed by atoms with E-state index in [4.69, 9.17) is 4.74 Å². The van der Waals surface area contributed by atoms with E-state index in [9.17, 15) is 18.0 Å². The first-order valence-corrected chi connectivity index (χ1v) is 12.2. The summed E-state index contributed by atoms with van der Waals surface area (Å²) in [7, 11) is -3.59. The monoisotopic (exact) mass is 447 g/mol. The minimum absolute atomic E-state index is 0.0515. The van der Waals surface area contributed by atoms with Gasteiger partial charge in [-0.05, 0) is 67.9 Å². The van der Waals surface area contributed by atoms with Crippen molar-refractivity contribution < 1.29 is 22.7 Å². The van der Waals surface area contributed by atoms with Crippen LogP contribution in [0.5, 0.6) is 0 Å². The number of nitrogens with one attached hydrogen (secondary N) is 2. The van der Waals surface area contributed by atoms with E-state index >= 15 is 0 Å². The Kier molecular flexibility index (Phi) is 6.45. The highest BCUT2D eigenvalue weighted by atomic mass is 32.2. The van der Waals surface area contributed by atoms with Crippen LogP contribution in [0.4, 0.5) is 5.69 Å². The van der Waals surface area contributed by atoms with Crippen molar-refractivity contribution in [3.8, 4) is 0 Å². The van der Waals surface area contributed by atoms with Gasteiger partial charge in [-0.15, -0.1) is 0 Å². The molecule has 31 heavy (non-hydrogen) atoms. The van der Waals surface area contributed by atoms with Crippen LogP contribution in [-0.4, -0.2) is 56.9 Å². The maximum atomic E-state index is 13.1. The van der Waals surface area contributed by atoms with Crippen LogP contribution in [0.1, 0.15) is 25.7 Å². The number of carbonyl (C=O) groups excluding carboxylic acids is 2. The van der Waals surface area contributed by atoms with Crippen LogP contribution in [0.25, 0.3) is 0 Å². The molecule has 1 aromatic carbocycles. The number of carbonyl (C=O) groups is 2. The van der Waals surface area contributed by atoms with Crippen molar-refractivity contribution in [3.05, 3.63) is 36.9 Å². The van der Waals surface area contributed by atoms with Crippen LogP contribution in [0.15, 0.2) is 41.8 Å². The molecule has 2 heterocycles. The SMILES string of the molecule is C=CC(=O)NC1CC2CN(S(=O)(=O)c3ccc(NC(=O)C4CCOCC4)cc3)CC2C1. The first-order chi connectivity index (χ1) is 14.9. The van der Waals surface area contributed by atoms with Gasteiger partial charge in [-0.25, -0.2) is 8.42 Å². The van der Waals surface area contributed by atoms with Gasteiger partial charge in [-0.1, -0.05) is 6.58 Å². The first-order valence-electron chi connectivity index (χ1n) is 10.8. The molecule has 1 aromatic rings. The Labute approximate surface area is 183 Å². The Morgan fingerprint density at radius 3 is 2.26 bits per heavy atom. The molecule has 2 saturated heterocycles. The summed E-state index contributed by atoms with van der Waals surface area (Å²) >= 11 is 0. The van der Waals surface area contributed by atoms with E-state index in [0.717, 1.165) is 12.8 Å². The van der Waals surface area contributed by atoms with Crippen LogP contribution in [0, 0.1) is 17.8 Å². The van der Waals surface area contributed by atoms with E-state index in [1.807, 2.05) is 0 Å². The van der Waals surface area contributed by atoms with Gasteiger partial charge in [-0.3, -0.25) is 9.59 Å². The molecule has 3 aliphatic rings. The normalized spacial score (nSPS) is 26.9. The molecular formula is C22H29N3O5S. The van der Waals surface area contributed by atoms with E-state index in [2.05, 4.69) is 17.2 Å². The molecule has 0 bridgehead atoms. The lowest BCUT2D eigenvalue weighted by atomic mass is 9.99. The topological polar surface area (TPSA) is 105 Å². The summed E-state index contributed by atoms with van der Waals surface area (Å²) in [5.74, 6) is 0.204. The summed E-state index contributed by atoms with van der Waals surface area (Å²) in [6.07, 6.45) is 4.24. The number of hydrogen-bond donors (Lipinski definition) is 2. The Balaban J connectivity index is 1.35. The van der Waals surface area contributed by atoms with Gasteiger partial charge < -0.3 is 15.4 Å². The molecule has 2 N–H and O–H groups in total. The molecule has 168 valence electrons. The minimum Gasteiger partial charge on any atom is -0.381 e. The van der Waals surface area contributed by atoms with E-state index in [-0.39, 0.29) is 40.5 Å². The third-order valence-electron chi connectivity index (χ3n) is 6.60. The van der Waals surface area contributed by atoms with Gasteiger partial charge in [0.05, 0.1) is 4.90 Å². The van der Waals surface area contributed by atoms with E-state index in [0.29, 0.717) is 44.8 Å². The second-order valence-corrected chi connectivity index (χ2v) is 10.6. The molecule has 2 atom stereocenters. The van der Waals surface area contributed by atoms with E-state index in [1.54, 1.807) is 28.6 Å². The van der Waals surface area contributed by atoms with Crippen molar-refractivity contribution in [3.63, 3.8) is 0 Å². The lowest BCUT2D eigenvalue weighted by molar-refractivity contribution is -0.122. The Morgan fingerprint density at radius 2 is 1.68 bits per heavy atom. The first kappa shape index (κ1) is 22.0. The van der Waals surface area contributed by atoms with Crippen molar-refractivity contribution in [2.24, 2.45) is 17.8 Å². The fourth-order valence-corrected chi connectivity index (χ4v) is 6.45. The van der Waals surface area contributed by atoms with Gasteiger partial charge in [-0.2, -0.15) is 4.31 Å². The van der Waals surface area contributed by atoms with Gasteiger partial charge >= 0.3 is 0 Å². The summed E-state index contributed by atoms with van der Waals surface area (Å²) in [6.45, 7) is 5.59. The van der Waals surface area contributed by atoms with Crippen LogP contribution in [-0.2, 0) is 24.3 Å². The van der Waals surface area contributed by atoms with Crippen LogP contribution in [0.3, 0.4) is 0 Å². The molecule has 2 amide bonds. The third kappa shape index (κ3) is 4.83. The van der Waals surface area contributed by atoms with Gasteiger partial charge in [0.2, 0.25) is 21.8 Å². The molecule has 1 aliphatic carbocycles. The number of fused-ring (bicyclic) bond motifs is 1. The molecule has 0 spiro atoms. The molecule has 0 radical (unpaired) electrons. The molecular weight excluding hydrogens is 418 g/mol. The fraction of sp³-hybridized carbons (Fsp3) is 0.545. The largest absolute Gasteiger partial charge is 0.381 e. The zero-order valence-electron chi connectivity index (χ0n) is 17.5. The molecule has 9 heteroatoms. The number of benzene rings is 1. The Bertz CT molecular complexity index is 926. The predicted molar refractivity (Wildman–Crippen MR) is 116 cm³/mol. The number of anilines is 1. The lowest BCUT2D eigenvalue weighted by Crippen LogP contribution is -2.35. The second-order valence-electron chi connectivity index (χ2n) is 8.62. The molecule has 0 aromatic heterocycles. The second kappa shape index (κ2) is 9.10. The summed E-state index contributed by atoms with van der Waals surface area (Å²) in [5, 5.41) is 5.79. The highest BCUT2D eigenvalue weighted by Crippen LogP contribution is 2.40. The number of rotatable bonds is 6. The highest BCUT2D eigenvalue weighted by molar-refractivity contribution is 7.89. The average Bonchev–Trinajstić information content (AvgIpc) is 3.34. The average molecular weight is 448 g/mol. The summed E-state index contributed by atoms with van der Waals surface area (Å²) in [6, 6.07) is 6.47. The van der Waals surface area contributed by atoms with Crippen molar-refractivity contribution in [1.29, 1.82) is 0 Å². The van der Waals surface area contributed by atoms with Crippen LogP contribution >= 0.6 is 0 Å². The maximum Gasteiger partial charge on any atom is 0.243 e. The lowest BCUT2D eigenvalue weighted by Gasteiger charge is -2.21. The predicted octanol–water partition coefficient (Wildman–Crippen LogP) is 1.75. The van der Waals surface area contributed by atoms with Crippen LogP contribution in [0.2, 0.25) is 0 Å². The third-order valence-corrected chi connectivity index (χ3v) is 8.45. The number of amides is 2. The molecule has 4 rings (SSSR count). The van der Waals surface area contributed by atoms with Crippen molar-refractivity contribution >= 4 is 27.5 Å². The standard InChI is InChI=1S/C22H29N3O5S/c1-2-21(26)23-19-11-16-13-25(14-17(16)12-19)31(28,29)20-5-3-18(4-6-20)24-22(27)15-7-9-30-10-8-15/h2-6,15-17,19H,1,7-14H2,(H,23,26)(H,24,27). The zero-order chi connectivity index (χ0) is 22.0. The van der Waals surface area contributed by atoms with E-state index in [1.165, 1.54) is 6.08 Å². The summed E-state index contributed by atoms with van der Waals surface area (Å²) in [4.78, 5) is 24.1. The van der Waals surface area contributed by atoms with Gasteiger partial charge in [0, 0.05) is 44.0 Å². The van der Waals surface area contributed by atoms with Gasteiger partial charge in [0.25, 0.3) is 0 Å². The minimum atomic E-state index is -3.59. The molecule has 3 fully saturated rings. The number of sulfonamides is 1. The molecule has 2 aliphatic heterocycles. The number of hydrogen-bond acceptors (Lipinski definition) is 5. The molecule has 2 unspecified atom stereocenters. The quantitative estimate of drug-likeness (QED) is 0.647. The highest BCUT2D eigenvalue weighted by Gasteiger charge is 2.45. The zero-order valence-corrected chi connectivity index (χ0v) is 18.3. The summed E-state index contributed by atoms with van der Waals surface area (Å²) < 4.78 is 33.0. The van der Waals surface area contributed by atoms with E-state index < -0.39 is 10.0 Å². The van der Waals surface area contributed by atoms with Gasteiger partial charge in [0.1, 0.15) is 0 Å².